The monoisotopic (exact) mass is 469 g/mol. The molecule has 0 fully saturated rings. The number of unbranched alkanes of at least 4 members (excludes halogenated alkanes) is 12. The number of carbonyl (C=O) groups excluding carboxylic acids is 2. The summed E-state index contributed by atoms with van der Waals surface area (Å²) in [6.07, 6.45) is 19.9. The van der Waals surface area contributed by atoms with Crippen molar-refractivity contribution in [2.24, 2.45) is 0 Å². The minimum atomic E-state index is -0.457. The maximum atomic E-state index is 12.4. The molecule has 0 heterocycles. The summed E-state index contributed by atoms with van der Waals surface area (Å²) < 4.78 is 11.1. The molecule has 33 heavy (non-hydrogen) atoms. The minimum absolute atomic E-state index is 0.0203. The van der Waals surface area contributed by atoms with Gasteiger partial charge in [-0.05, 0) is 59.3 Å². The molecule has 1 N–H and O–H groups in total. The van der Waals surface area contributed by atoms with Gasteiger partial charge in [0.2, 0.25) is 0 Å². The predicted octanol–water partition coefficient (Wildman–Crippen LogP) is 8.48. The lowest BCUT2D eigenvalue weighted by Crippen LogP contribution is -2.32. The van der Waals surface area contributed by atoms with Crippen LogP contribution in [0.2, 0.25) is 0 Å². The molecule has 196 valence electrons. The summed E-state index contributed by atoms with van der Waals surface area (Å²) in [5.41, 5.74) is -0.457. The van der Waals surface area contributed by atoms with Crippen LogP contribution in [0.1, 0.15) is 150 Å². The van der Waals surface area contributed by atoms with Gasteiger partial charge >= 0.3 is 12.1 Å². The molecular formula is C28H55NO4. The molecule has 0 aromatic carbocycles. The SMILES string of the molecule is CCCCCCCCC(CCCCCC)OC(=O)CCCCCCCNC(=O)OC(C)(C)C. The molecule has 0 saturated heterocycles. The van der Waals surface area contributed by atoms with Crippen molar-refractivity contribution in [2.45, 2.75) is 162 Å². The van der Waals surface area contributed by atoms with Gasteiger partial charge in [0, 0.05) is 13.0 Å². The number of hydrogen-bond donors (Lipinski definition) is 1. The Balaban J connectivity index is 3.91. The average Bonchev–Trinajstić information content (AvgIpc) is 2.74. The van der Waals surface area contributed by atoms with Gasteiger partial charge in [-0.1, -0.05) is 84.5 Å². The molecule has 1 unspecified atom stereocenters. The molecule has 0 saturated carbocycles. The Morgan fingerprint density at radius 2 is 1.18 bits per heavy atom. The molecule has 0 bridgehead atoms. The average molecular weight is 470 g/mol. The highest BCUT2D eigenvalue weighted by Gasteiger charge is 2.16. The largest absolute Gasteiger partial charge is 0.462 e. The second kappa shape index (κ2) is 21.3. The van der Waals surface area contributed by atoms with Crippen LogP contribution in [0.3, 0.4) is 0 Å². The Hall–Kier alpha value is -1.26. The van der Waals surface area contributed by atoms with Crippen molar-refractivity contribution in [3.8, 4) is 0 Å². The van der Waals surface area contributed by atoms with Gasteiger partial charge in [-0.15, -0.1) is 0 Å². The molecule has 5 nitrogen and oxygen atoms in total. The van der Waals surface area contributed by atoms with Gasteiger partial charge in [0.1, 0.15) is 11.7 Å². The molecule has 0 aromatic heterocycles. The minimum Gasteiger partial charge on any atom is -0.462 e. The van der Waals surface area contributed by atoms with E-state index in [1.54, 1.807) is 0 Å². The van der Waals surface area contributed by atoms with Crippen LogP contribution in [0.25, 0.3) is 0 Å². The van der Waals surface area contributed by atoms with Crippen molar-refractivity contribution in [1.82, 2.24) is 5.32 Å². The quantitative estimate of drug-likeness (QED) is 0.135. The summed E-state index contributed by atoms with van der Waals surface area (Å²) in [5.74, 6) is -0.0203. The van der Waals surface area contributed by atoms with Crippen LogP contribution in [0, 0.1) is 0 Å². The highest BCUT2D eigenvalue weighted by atomic mass is 16.6. The van der Waals surface area contributed by atoms with E-state index in [9.17, 15) is 9.59 Å². The van der Waals surface area contributed by atoms with Crippen LogP contribution in [0.4, 0.5) is 4.79 Å². The van der Waals surface area contributed by atoms with Gasteiger partial charge in [-0.2, -0.15) is 0 Å². The van der Waals surface area contributed by atoms with Gasteiger partial charge in [-0.3, -0.25) is 4.79 Å². The molecular weight excluding hydrogens is 414 g/mol. The van der Waals surface area contributed by atoms with E-state index in [1.165, 1.54) is 64.2 Å². The Labute approximate surface area is 205 Å². The lowest BCUT2D eigenvalue weighted by Gasteiger charge is -2.19. The Kier molecular flexibility index (Phi) is 20.5. The second-order valence-corrected chi connectivity index (χ2v) is 10.5. The third-order valence-corrected chi connectivity index (χ3v) is 5.78. The fourth-order valence-corrected chi connectivity index (χ4v) is 3.89. The summed E-state index contributed by atoms with van der Waals surface area (Å²) in [5, 5.41) is 2.79. The van der Waals surface area contributed by atoms with Gasteiger partial charge in [0.15, 0.2) is 0 Å². The van der Waals surface area contributed by atoms with Crippen LogP contribution < -0.4 is 5.32 Å². The van der Waals surface area contributed by atoms with E-state index in [4.69, 9.17) is 9.47 Å². The molecule has 0 spiro atoms. The van der Waals surface area contributed by atoms with E-state index in [0.717, 1.165) is 44.9 Å². The zero-order chi connectivity index (χ0) is 24.8. The molecule has 0 rings (SSSR count). The number of amides is 1. The maximum absolute atomic E-state index is 12.4. The Bertz CT molecular complexity index is 473. The lowest BCUT2D eigenvalue weighted by atomic mass is 10.0. The van der Waals surface area contributed by atoms with Crippen molar-refractivity contribution < 1.29 is 19.1 Å². The Morgan fingerprint density at radius 3 is 1.76 bits per heavy atom. The fraction of sp³-hybridized carbons (Fsp3) is 0.929. The van der Waals surface area contributed by atoms with E-state index >= 15 is 0 Å². The van der Waals surface area contributed by atoms with Crippen LogP contribution in [0.15, 0.2) is 0 Å². The number of carbonyl (C=O) groups is 2. The zero-order valence-electron chi connectivity index (χ0n) is 22.6. The third kappa shape index (κ3) is 23.7. The predicted molar refractivity (Wildman–Crippen MR) is 139 cm³/mol. The van der Waals surface area contributed by atoms with Crippen LogP contribution >= 0.6 is 0 Å². The van der Waals surface area contributed by atoms with Crippen molar-refractivity contribution >= 4 is 12.1 Å². The van der Waals surface area contributed by atoms with Crippen LogP contribution in [-0.2, 0) is 14.3 Å². The first-order valence-electron chi connectivity index (χ1n) is 13.9. The van der Waals surface area contributed by atoms with Gasteiger partial charge in [-0.25, -0.2) is 4.79 Å². The van der Waals surface area contributed by atoms with Crippen LogP contribution in [-0.4, -0.2) is 30.3 Å². The van der Waals surface area contributed by atoms with Crippen molar-refractivity contribution in [2.75, 3.05) is 6.54 Å². The lowest BCUT2D eigenvalue weighted by molar-refractivity contribution is -0.150. The van der Waals surface area contributed by atoms with Crippen molar-refractivity contribution in [3.05, 3.63) is 0 Å². The summed E-state index contributed by atoms with van der Waals surface area (Å²) in [6, 6.07) is 0. The van der Waals surface area contributed by atoms with E-state index in [-0.39, 0.29) is 18.2 Å². The number of esters is 1. The number of nitrogens with one attached hydrogen (secondary N) is 1. The second-order valence-electron chi connectivity index (χ2n) is 10.5. The molecule has 1 amide bonds. The molecule has 0 radical (unpaired) electrons. The summed E-state index contributed by atoms with van der Waals surface area (Å²) >= 11 is 0. The van der Waals surface area contributed by atoms with Crippen LogP contribution in [0.5, 0.6) is 0 Å². The first kappa shape index (κ1) is 31.7. The smallest absolute Gasteiger partial charge is 0.407 e. The maximum Gasteiger partial charge on any atom is 0.407 e. The van der Waals surface area contributed by atoms with E-state index < -0.39 is 5.60 Å². The van der Waals surface area contributed by atoms with Gasteiger partial charge < -0.3 is 14.8 Å². The molecule has 0 aromatic rings. The highest BCUT2D eigenvalue weighted by molar-refractivity contribution is 5.69. The van der Waals surface area contributed by atoms with Gasteiger partial charge in [0.25, 0.3) is 0 Å². The summed E-state index contributed by atoms with van der Waals surface area (Å²) in [4.78, 5) is 24.0. The number of rotatable bonds is 21. The van der Waals surface area contributed by atoms with Crippen molar-refractivity contribution in [1.29, 1.82) is 0 Å². The summed E-state index contributed by atoms with van der Waals surface area (Å²) in [6.45, 7) is 10.7. The molecule has 1 atom stereocenters. The Morgan fingerprint density at radius 1 is 0.697 bits per heavy atom. The summed E-state index contributed by atoms with van der Waals surface area (Å²) in [7, 11) is 0. The number of ether oxygens (including phenoxy) is 2. The molecule has 0 aliphatic heterocycles. The van der Waals surface area contributed by atoms with Crippen molar-refractivity contribution in [3.63, 3.8) is 0 Å². The molecule has 5 heteroatoms. The normalized spacial score (nSPS) is 12.4. The standard InChI is InChI=1S/C28H55NO4/c1-6-8-10-12-14-18-22-25(21-17-11-9-7-2)32-26(30)23-19-15-13-16-20-24-29-27(31)33-28(3,4)5/h25H,6-24H2,1-5H3,(H,29,31). The first-order valence-corrected chi connectivity index (χ1v) is 13.9. The topological polar surface area (TPSA) is 64.6 Å². The first-order chi connectivity index (χ1) is 15.8. The van der Waals surface area contributed by atoms with E-state index in [2.05, 4.69) is 19.2 Å². The van der Waals surface area contributed by atoms with E-state index in [0.29, 0.717) is 13.0 Å². The molecule has 0 aliphatic rings. The van der Waals surface area contributed by atoms with Gasteiger partial charge in [0.05, 0.1) is 0 Å². The van der Waals surface area contributed by atoms with E-state index in [1.807, 2.05) is 20.8 Å². The fourth-order valence-electron chi connectivity index (χ4n) is 3.89. The third-order valence-electron chi connectivity index (χ3n) is 5.78. The number of hydrogen-bond acceptors (Lipinski definition) is 4. The highest BCUT2D eigenvalue weighted by Crippen LogP contribution is 2.17. The zero-order valence-corrected chi connectivity index (χ0v) is 22.6. The molecule has 0 aliphatic carbocycles. The number of alkyl carbamates (subject to hydrolysis) is 1.